The van der Waals surface area contributed by atoms with E-state index in [0.717, 1.165) is 28.9 Å². The highest BCUT2D eigenvalue weighted by Crippen LogP contribution is 2.30. The van der Waals surface area contributed by atoms with Crippen LogP contribution >= 0.6 is 0 Å². The predicted octanol–water partition coefficient (Wildman–Crippen LogP) is 2.51. The molecule has 0 bridgehead atoms. The van der Waals surface area contributed by atoms with Gasteiger partial charge in [0.15, 0.2) is 0 Å². The summed E-state index contributed by atoms with van der Waals surface area (Å²) in [6.07, 6.45) is -5.58. The summed E-state index contributed by atoms with van der Waals surface area (Å²) in [7, 11) is 0. The maximum atomic E-state index is 12.6. The van der Waals surface area contributed by atoms with Crippen LogP contribution in [0.3, 0.4) is 0 Å². The summed E-state index contributed by atoms with van der Waals surface area (Å²) >= 11 is 0. The first-order valence-corrected chi connectivity index (χ1v) is 10.2. The van der Waals surface area contributed by atoms with Crippen LogP contribution in [0.5, 0.6) is 11.5 Å². The molecule has 0 radical (unpaired) electrons. The number of nitrogens with zero attached hydrogens (tertiary/aromatic N) is 2. The van der Waals surface area contributed by atoms with Crippen LogP contribution in [0.4, 0.5) is 13.2 Å². The molecule has 2 aromatic carbocycles. The highest BCUT2D eigenvalue weighted by atomic mass is 19.4. The lowest BCUT2D eigenvalue weighted by molar-refractivity contribution is -0.137. The Morgan fingerprint density at radius 1 is 1.00 bits per heavy atom. The number of amides is 1. The highest BCUT2D eigenvalue weighted by molar-refractivity contribution is 5.91. The molecule has 1 atom stereocenters. The van der Waals surface area contributed by atoms with E-state index in [0.29, 0.717) is 5.75 Å². The molecule has 3 aromatic rings. The summed E-state index contributed by atoms with van der Waals surface area (Å²) in [4.78, 5) is 24.3. The van der Waals surface area contributed by atoms with Gasteiger partial charge in [0, 0.05) is 12.6 Å². The quantitative estimate of drug-likeness (QED) is 0.465. The molecule has 0 spiro atoms. The molecule has 0 aliphatic carbocycles. The molecule has 8 nitrogen and oxygen atoms in total. The standard InChI is InChI=1S/C23H22F3N3O5/c24-23(25,26)16-6-8-19(9-7-16)34-15-17(30)14-27-22(32)20-10-11-21(31)29(28-20)12-13-33-18-4-2-1-3-5-18/h1-11,17,30H,12-15H2,(H,27,32)/t17-/m0/s1. The van der Waals surface area contributed by atoms with Crippen molar-refractivity contribution in [1.82, 2.24) is 15.1 Å². The van der Waals surface area contributed by atoms with Gasteiger partial charge in [-0.05, 0) is 42.5 Å². The second-order valence-electron chi connectivity index (χ2n) is 7.14. The molecule has 11 heteroatoms. The molecule has 180 valence electrons. The molecule has 2 N–H and O–H groups in total. The monoisotopic (exact) mass is 477 g/mol. The fourth-order valence-electron chi connectivity index (χ4n) is 2.79. The first-order chi connectivity index (χ1) is 16.2. The molecule has 1 aromatic heterocycles. The Kier molecular flexibility index (Phi) is 8.25. The lowest BCUT2D eigenvalue weighted by Crippen LogP contribution is -2.37. The van der Waals surface area contributed by atoms with Gasteiger partial charge in [-0.1, -0.05) is 18.2 Å². The maximum Gasteiger partial charge on any atom is 0.416 e. The highest BCUT2D eigenvalue weighted by Gasteiger charge is 2.30. The van der Waals surface area contributed by atoms with Gasteiger partial charge >= 0.3 is 6.18 Å². The molecule has 0 unspecified atom stereocenters. The number of alkyl halides is 3. The number of carbonyl (C=O) groups excluding carboxylic acids is 1. The van der Waals surface area contributed by atoms with Crippen molar-refractivity contribution >= 4 is 5.91 Å². The first-order valence-electron chi connectivity index (χ1n) is 10.2. The summed E-state index contributed by atoms with van der Waals surface area (Å²) in [5.41, 5.74) is -1.25. The number of hydrogen-bond acceptors (Lipinski definition) is 6. The summed E-state index contributed by atoms with van der Waals surface area (Å²) in [5.74, 6) is 0.160. The number of benzene rings is 2. The van der Waals surface area contributed by atoms with Crippen molar-refractivity contribution in [2.24, 2.45) is 0 Å². The van der Waals surface area contributed by atoms with Crippen molar-refractivity contribution in [1.29, 1.82) is 0 Å². The van der Waals surface area contributed by atoms with Crippen LogP contribution in [0.25, 0.3) is 0 Å². The molecule has 0 saturated heterocycles. The lowest BCUT2D eigenvalue weighted by atomic mass is 10.2. The van der Waals surface area contributed by atoms with Gasteiger partial charge in [0.1, 0.15) is 36.5 Å². The van der Waals surface area contributed by atoms with E-state index < -0.39 is 29.3 Å². The first kappa shape index (κ1) is 24.8. The normalized spacial score (nSPS) is 12.1. The van der Waals surface area contributed by atoms with Gasteiger partial charge in [0.05, 0.1) is 12.1 Å². The summed E-state index contributed by atoms with van der Waals surface area (Å²) in [6.45, 7) is -0.159. The van der Waals surface area contributed by atoms with Crippen LogP contribution in [0, 0.1) is 0 Å². The van der Waals surface area contributed by atoms with Gasteiger partial charge in [-0.25, -0.2) is 4.68 Å². The minimum absolute atomic E-state index is 0.0323. The Bertz CT molecular complexity index is 1140. The van der Waals surface area contributed by atoms with Crippen LogP contribution in [0.15, 0.2) is 71.5 Å². The Morgan fingerprint density at radius 3 is 2.35 bits per heavy atom. The third kappa shape index (κ3) is 7.34. The number of aliphatic hydroxyl groups is 1. The Morgan fingerprint density at radius 2 is 1.68 bits per heavy atom. The van der Waals surface area contributed by atoms with E-state index in [-0.39, 0.29) is 37.7 Å². The minimum atomic E-state index is -4.45. The van der Waals surface area contributed by atoms with Gasteiger partial charge in [0.2, 0.25) is 0 Å². The van der Waals surface area contributed by atoms with E-state index in [1.807, 2.05) is 18.2 Å². The fraction of sp³-hybridized carbons (Fsp3) is 0.261. The summed E-state index contributed by atoms with van der Waals surface area (Å²) in [6, 6.07) is 15.5. The third-order valence-electron chi connectivity index (χ3n) is 4.54. The van der Waals surface area contributed by atoms with Crippen molar-refractivity contribution < 1.29 is 32.5 Å². The molecule has 1 heterocycles. The zero-order valence-electron chi connectivity index (χ0n) is 17.9. The number of para-hydroxylation sites is 1. The molecule has 34 heavy (non-hydrogen) atoms. The lowest BCUT2D eigenvalue weighted by Gasteiger charge is -2.14. The van der Waals surface area contributed by atoms with E-state index in [4.69, 9.17) is 9.47 Å². The maximum absolute atomic E-state index is 12.6. The number of rotatable bonds is 10. The van der Waals surface area contributed by atoms with Crippen LogP contribution in [-0.4, -0.2) is 46.7 Å². The smallest absolute Gasteiger partial charge is 0.416 e. The average molecular weight is 477 g/mol. The van der Waals surface area contributed by atoms with Crippen molar-refractivity contribution in [3.05, 3.63) is 88.3 Å². The SMILES string of the molecule is O=C(NC[C@H](O)COc1ccc(C(F)(F)F)cc1)c1ccc(=O)n(CCOc2ccccc2)n1. The van der Waals surface area contributed by atoms with E-state index in [1.165, 1.54) is 12.1 Å². The van der Waals surface area contributed by atoms with E-state index in [9.17, 15) is 27.9 Å². The number of ether oxygens (including phenoxy) is 2. The number of aromatic nitrogens is 2. The number of nitrogens with one attached hydrogen (secondary N) is 1. The zero-order chi connectivity index (χ0) is 24.6. The largest absolute Gasteiger partial charge is 0.492 e. The Balaban J connectivity index is 1.46. The topological polar surface area (TPSA) is 103 Å². The summed E-state index contributed by atoms with van der Waals surface area (Å²) in [5, 5.41) is 16.5. The average Bonchev–Trinajstić information content (AvgIpc) is 2.82. The van der Waals surface area contributed by atoms with Crippen molar-refractivity contribution in [2.75, 3.05) is 19.8 Å². The summed E-state index contributed by atoms with van der Waals surface area (Å²) < 4.78 is 49.6. The van der Waals surface area contributed by atoms with Gasteiger partial charge in [-0.3, -0.25) is 9.59 Å². The molecule has 3 rings (SSSR count). The van der Waals surface area contributed by atoms with Crippen LogP contribution in [-0.2, 0) is 12.7 Å². The third-order valence-corrected chi connectivity index (χ3v) is 4.54. The molecular weight excluding hydrogens is 455 g/mol. The van der Waals surface area contributed by atoms with E-state index >= 15 is 0 Å². The van der Waals surface area contributed by atoms with Gasteiger partial charge in [-0.15, -0.1) is 0 Å². The molecular formula is C23H22F3N3O5. The molecule has 0 aliphatic heterocycles. The predicted molar refractivity (Wildman–Crippen MR) is 116 cm³/mol. The van der Waals surface area contributed by atoms with Gasteiger partial charge < -0.3 is 19.9 Å². The van der Waals surface area contributed by atoms with Gasteiger partial charge in [0.25, 0.3) is 11.5 Å². The Labute approximate surface area is 192 Å². The van der Waals surface area contributed by atoms with Crippen LogP contribution in [0.1, 0.15) is 16.1 Å². The Hall–Kier alpha value is -3.86. The van der Waals surface area contributed by atoms with Crippen LogP contribution < -0.4 is 20.3 Å². The number of carbonyl (C=O) groups is 1. The fourth-order valence-corrected chi connectivity index (χ4v) is 2.79. The van der Waals surface area contributed by atoms with E-state index in [2.05, 4.69) is 10.4 Å². The second-order valence-corrected chi connectivity index (χ2v) is 7.14. The van der Waals surface area contributed by atoms with Gasteiger partial charge in [-0.2, -0.15) is 18.3 Å². The number of hydrogen-bond donors (Lipinski definition) is 2. The molecule has 0 saturated carbocycles. The van der Waals surface area contributed by atoms with Crippen LogP contribution in [0.2, 0.25) is 0 Å². The number of aliphatic hydroxyl groups excluding tert-OH is 1. The molecule has 0 aliphatic rings. The van der Waals surface area contributed by atoms with E-state index in [1.54, 1.807) is 12.1 Å². The molecule has 0 fully saturated rings. The zero-order valence-corrected chi connectivity index (χ0v) is 17.9. The second kappa shape index (κ2) is 11.3. The number of halogens is 3. The van der Waals surface area contributed by atoms with Crippen molar-refractivity contribution in [2.45, 2.75) is 18.8 Å². The molecule has 1 amide bonds. The van der Waals surface area contributed by atoms with Crippen molar-refractivity contribution in [3.63, 3.8) is 0 Å². The minimum Gasteiger partial charge on any atom is -0.492 e. The van der Waals surface area contributed by atoms with Crippen molar-refractivity contribution in [3.8, 4) is 11.5 Å².